The molecule has 0 aromatic carbocycles. The number of aromatic amines is 1. The number of nitrogens with zero attached hydrogens (tertiary/aromatic N) is 3. The molecule has 0 radical (unpaired) electrons. The average Bonchev–Trinajstić information content (AvgIpc) is 2.90. The minimum absolute atomic E-state index is 0.249. The molecule has 0 fully saturated rings. The van der Waals surface area contributed by atoms with E-state index >= 15 is 0 Å². The van der Waals surface area contributed by atoms with Crippen molar-refractivity contribution in [1.29, 1.82) is 0 Å². The van der Waals surface area contributed by atoms with E-state index in [-0.39, 0.29) is 12.5 Å². The van der Waals surface area contributed by atoms with Crippen molar-refractivity contribution < 1.29 is 4.79 Å². The lowest BCUT2D eigenvalue weighted by molar-refractivity contribution is -0.122. The van der Waals surface area contributed by atoms with Crippen LogP contribution in [0, 0.1) is 20.8 Å². The quantitative estimate of drug-likeness (QED) is 0.784. The van der Waals surface area contributed by atoms with Crippen LogP contribution in [0.5, 0.6) is 0 Å². The predicted octanol–water partition coefficient (Wildman–Crippen LogP) is 1.32. The zero-order valence-corrected chi connectivity index (χ0v) is 14.4. The molecule has 0 spiro atoms. The Kier molecular flexibility index (Phi) is 4.62. The van der Waals surface area contributed by atoms with Crippen molar-refractivity contribution in [3.63, 3.8) is 0 Å². The summed E-state index contributed by atoms with van der Waals surface area (Å²) in [6.45, 7) is 6.00. The van der Waals surface area contributed by atoms with Gasteiger partial charge in [0.25, 0.3) is 0 Å². The highest BCUT2D eigenvalue weighted by Gasteiger charge is 2.22. The van der Waals surface area contributed by atoms with Crippen LogP contribution in [0.4, 0.5) is 0 Å². The molecule has 7 heteroatoms. The summed E-state index contributed by atoms with van der Waals surface area (Å²) in [5, 5.41) is 9.79. The number of fused-ring (bicyclic) bond motifs is 1. The number of aryl methyl sites for hydroxylation is 4. The Morgan fingerprint density at radius 3 is 2.67 bits per heavy atom. The van der Waals surface area contributed by atoms with Crippen molar-refractivity contribution in [3.8, 4) is 0 Å². The van der Waals surface area contributed by atoms with Crippen molar-refractivity contribution >= 4 is 5.91 Å². The van der Waals surface area contributed by atoms with Gasteiger partial charge >= 0.3 is 0 Å². The summed E-state index contributed by atoms with van der Waals surface area (Å²) >= 11 is 0. The second kappa shape index (κ2) is 6.68. The first-order chi connectivity index (χ1) is 11.5. The van der Waals surface area contributed by atoms with Crippen LogP contribution in [0.2, 0.25) is 0 Å². The van der Waals surface area contributed by atoms with Crippen LogP contribution < -0.4 is 11.1 Å². The molecular formula is C17H24N6O. The second-order valence-electron chi connectivity index (χ2n) is 6.40. The summed E-state index contributed by atoms with van der Waals surface area (Å²) in [6, 6.07) is -0.748. The van der Waals surface area contributed by atoms with Crippen molar-refractivity contribution in [2.24, 2.45) is 5.73 Å². The van der Waals surface area contributed by atoms with E-state index in [1.807, 2.05) is 20.8 Å². The lowest BCUT2D eigenvalue weighted by Crippen LogP contribution is -2.35. The Morgan fingerprint density at radius 2 is 1.96 bits per heavy atom. The maximum Gasteiger partial charge on any atom is 0.242 e. The molecule has 0 saturated heterocycles. The number of carbonyl (C=O) groups excluding carboxylic acids is 1. The summed E-state index contributed by atoms with van der Waals surface area (Å²) < 4.78 is 0. The number of nitrogens with two attached hydrogens (primary N) is 1. The van der Waals surface area contributed by atoms with Crippen molar-refractivity contribution in [3.05, 3.63) is 39.7 Å². The van der Waals surface area contributed by atoms with Gasteiger partial charge in [0.2, 0.25) is 5.91 Å². The molecule has 0 bridgehead atoms. The van der Waals surface area contributed by atoms with Gasteiger partial charge in [-0.2, -0.15) is 5.10 Å². The molecule has 7 nitrogen and oxygen atoms in total. The zero-order chi connectivity index (χ0) is 17.3. The number of amides is 1. The third-order valence-corrected chi connectivity index (χ3v) is 4.64. The van der Waals surface area contributed by atoms with Crippen LogP contribution in [-0.2, 0) is 24.2 Å². The zero-order valence-electron chi connectivity index (χ0n) is 14.4. The fourth-order valence-electron chi connectivity index (χ4n) is 3.35. The predicted molar refractivity (Wildman–Crippen MR) is 90.2 cm³/mol. The van der Waals surface area contributed by atoms with Gasteiger partial charge in [0, 0.05) is 22.6 Å². The standard InChI is InChI=1S/C17H24N6O/c1-9-12-6-4-5-7-13(12)21-14(20-9)8-19-17(24)16(18)15-10(2)22-23-11(15)3/h16H,4-8,18H2,1-3H3,(H,19,24)(H,22,23). The topological polar surface area (TPSA) is 110 Å². The van der Waals surface area contributed by atoms with E-state index in [0.29, 0.717) is 5.82 Å². The fourth-order valence-corrected chi connectivity index (χ4v) is 3.35. The monoisotopic (exact) mass is 328 g/mol. The fraction of sp³-hybridized carbons (Fsp3) is 0.529. The lowest BCUT2D eigenvalue weighted by Gasteiger charge is -2.18. The van der Waals surface area contributed by atoms with Crippen molar-refractivity contribution in [2.45, 2.75) is 59.0 Å². The van der Waals surface area contributed by atoms with Gasteiger partial charge in [0.05, 0.1) is 12.2 Å². The van der Waals surface area contributed by atoms with Crippen molar-refractivity contribution in [2.75, 3.05) is 0 Å². The number of rotatable bonds is 4. The van der Waals surface area contributed by atoms with Gasteiger partial charge < -0.3 is 11.1 Å². The molecule has 1 aliphatic rings. The Balaban J connectivity index is 1.69. The Bertz CT molecular complexity index is 747. The Morgan fingerprint density at radius 1 is 1.21 bits per heavy atom. The van der Waals surface area contributed by atoms with Crippen molar-refractivity contribution in [1.82, 2.24) is 25.5 Å². The number of nitrogens with one attached hydrogen (secondary N) is 2. The van der Waals surface area contributed by atoms with Gasteiger partial charge in [-0.15, -0.1) is 0 Å². The lowest BCUT2D eigenvalue weighted by atomic mass is 9.95. The molecule has 2 heterocycles. The molecule has 1 aliphatic carbocycles. The van der Waals surface area contributed by atoms with E-state index in [0.717, 1.165) is 41.2 Å². The molecule has 3 rings (SSSR count). The molecule has 1 amide bonds. The SMILES string of the molecule is Cc1nc(CNC(=O)C(N)c2c(C)n[nH]c2C)nc2c1CCCC2. The number of hydrogen-bond donors (Lipinski definition) is 3. The van der Waals surface area contributed by atoms with Gasteiger partial charge in [-0.1, -0.05) is 0 Å². The van der Waals surface area contributed by atoms with Crippen LogP contribution in [-0.4, -0.2) is 26.1 Å². The van der Waals surface area contributed by atoms with Gasteiger partial charge in [-0.25, -0.2) is 9.97 Å². The van der Waals surface area contributed by atoms with E-state index < -0.39 is 6.04 Å². The highest BCUT2D eigenvalue weighted by Crippen LogP contribution is 2.22. The molecule has 2 aromatic heterocycles. The summed E-state index contributed by atoms with van der Waals surface area (Å²) in [6.07, 6.45) is 4.41. The van der Waals surface area contributed by atoms with Gasteiger partial charge in [0.15, 0.2) is 0 Å². The first-order valence-corrected chi connectivity index (χ1v) is 8.37. The second-order valence-corrected chi connectivity index (χ2v) is 6.40. The molecule has 2 aromatic rings. The van der Waals surface area contributed by atoms with E-state index in [4.69, 9.17) is 5.73 Å². The molecule has 128 valence electrons. The maximum absolute atomic E-state index is 12.4. The van der Waals surface area contributed by atoms with Gasteiger partial charge in [0.1, 0.15) is 11.9 Å². The van der Waals surface area contributed by atoms with E-state index in [1.54, 1.807) is 0 Å². The highest BCUT2D eigenvalue weighted by atomic mass is 16.2. The normalized spacial score (nSPS) is 15.0. The third-order valence-electron chi connectivity index (χ3n) is 4.64. The highest BCUT2D eigenvalue weighted by molar-refractivity contribution is 5.83. The molecule has 1 atom stereocenters. The molecule has 0 saturated carbocycles. The van der Waals surface area contributed by atoms with Gasteiger partial charge in [-0.05, 0) is 52.0 Å². The Labute approximate surface area is 141 Å². The largest absolute Gasteiger partial charge is 0.347 e. The summed E-state index contributed by atoms with van der Waals surface area (Å²) in [5.74, 6) is 0.399. The minimum Gasteiger partial charge on any atom is -0.347 e. The molecule has 4 N–H and O–H groups in total. The first kappa shape index (κ1) is 16.6. The molecule has 0 aliphatic heterocycles. The summed E-state index contributed by atoms with van der Waals surface area (Å²) in [7, 11) is 0. The molecule has 1 unspecified atom stereocenters. The van der Waals surface area contributed by atoms with Crippen LogP contribution >= 0.6 is 0 Å². The van der Waals surface area contributed by atoms with Gasteiger partial charge in [-0.3, -0.25) is 9.89 Å². The summed E-state index contributed by atoms with van der Waals surface area (Å²) in [5.41, 5.74) is 11.8. The number of hydrogen-bond acceptors (Lipinski definition) is 5. The first-order valence-electron chi connectivity index (χ1n) is 8.37. The summed E-state index contributed by atoms with van der Waals surface area (Å²) in [4.78, 5) is 21.5. The van der Waals surface area contributed by atoms with Crippen LogP contribution in [0.15, 0.2) is 0 Å². The number of aromatic nitrogens is 4. The molecular weight excluding hydrogens is 304 g/mol. The van der Waals surface area contributed by atoms with E-state index in [2.05, 4.69) is 25.5 Å². The minimum atomic E-state index is -0.748. The smallest absolute Gasteiger partial charge is 0.242 e. The van der Waals surface area contributed by atoms with Crippen LogP contribution in [0.1, 0.15) is 58.6 Å². The molecule has 24 heavy (non-hydrogen) atoms. The van der Waals surface area contributed by atoms with Crippen LogP contribution in [0.3, 0.4) is 0 Å². The number of H-pyrrole nitrogens is 1. The van der Waals surface area contributed by atoms with E-state index in [1.165, 1.54) is 18.4 Å². The maximum atomic E-state index is 12.4. The van der Waals surface area contributed by atoms with E-state index in [9.17, 15) is 4.79 Å². The van der Waals surface area contributed by atoms with Crippen LogP contribution in [0.25, 0.3) is 0 Å². The number of carbonyl (C=O) groups is 1. The third kappa shape index (κ3) is 3.17. The Hall–Kier alpha value is -2.28. The average molecular weight is 328 g/mol.